The third kappa shape index (κ3) is 6.09. The van der Waals surface area contributed by atoms with Gasteiger partial charge in [0.1, 0.15) is 0 Å². The molecule has 1 aliphatic rings. The standard InChI is InChI=1S/C25H33N5O/c1-2-26-25(27-12-11-22-18-28-24-6-4-3-5-23(22)24)29-17-20-7-9-21(10-8-20)19-30-13-15-31-16-14-30/h3-10,18,28H,2,11-17,19H2,1H3,(H2,26,27,29). The van der Waals surface area contributed by atoms with Crippen molar-refractivity contribution in [3.05, 3.63) is 71.4 Å². The first kappa shape index (κ1) is 21.4. The first-order chi connectivity index (χ1) is 15.3. The largest absolute Gasteiger partial charge is 0.379 e. The number of H-pyrrole nitrogens is 1. The van der Waals surface area contributed by atoms with E-state index in [1.165, 1.54) is 27.6 Å². The van der Waals surface area contributed by atoms with E-state index in [9.17, 15) is 0 Å². The molecule has 6 nitrogen and oxygen atoms in total. The van der Waals surface area contributed by atoms with Gasteiger partial charge in [-0.25, -0.2) is 4.99 Å². The SMILES string of the molecule is CCNC(=NCc1ccc(CN2CCOCC2)cc1)NCCc1c[nH]c2ccccc12. The number of hydrogen-bond acceptors (Lipinski definition) is 3. The molecule has 1 aliphatic heterocycles. The van der Waals surface area contributed by atoms with Crippen LogP contribution in [0.1, 0.15) is 23.6 Å². The Morgan fingerprint density at radius 3 is 2.61 bits per heavy atom. The molecule has 2 aromatic carbocycles. The number of nitrogens with one attached hydrogen (secondary N) is 3. The van der Waals surface area contributed by atoms with E-state index in [1.54, 1.807) is 0 Å². The lowest BCUT2D eigenvalue weighted by atomic mass is 10.1. The number of ether oxygens (including phenoxy) is 1. The van der Waals surface area contributed by atoms with Crippen LogP contribution in [0.2, 0.25) is 0 Å². The summed E-state index contributed by atoms with van der Waals surface area (Å²) in [5, 5.41) is 8.11. The van der Waals surface area contributed by atoms with E-state index in [1.807, 2.05) is 0 Å². The third-order valence-electron chi connectivity index (χ3n) is 5.66. The number of rotatable bonds is 8. The third-order valence-corrected chi connectivity index (χ3v) is 5.66. The van der Waals surface area contributed by atoms with E-state index in [2.05, 4.69) is 82.2 Å². The van der Waals surface area contributed by atoms with Gasteiger partial charge in [0.25, 0.3) is 0 Å². The molecule has 0 bridgehead atoms. The fourth-order valence-electron chi connectivity index (χ4n) is 3.93. The number of nitrogens with zero attached hydrogens (tertiary/aromatic N) is 2. The van der Waals surface area contributed by atoms with Crippen LogP contribution in [-0.4, -0.2) is 55.2 Å². The first-order valence-electron chi connectivity index (χ1n) is 11.3. The lowest BCUT2D eigenvalue weighted by Gasteiger charge is -2.26. The summed E-state index contributed by atoms with van der Waals surface area (Å²) in [6.07, 6.45) is 3.06. The maximum absolute atomic E-state index is 5.43. The van der Waals surface area contributed by atoms with Gasteiger partial charge >= 0.3 is 0 Å². The zero-order valence-electron chi connectivity index (χ0n) is 18.4. The number of fused-ring (bicyclic) bond motifs is 1. The van der Waals surface area contributed by atoms with Crippen molar-refractivity contribution in [1.29, 1.82) is 0 Å². The highest BCUT2D eigenvalue weighted by molar-refractivity contribution is 5.83. The van der Waals surface area contributed by atoms with Crippen LogP contribution in [0.4, 0.5) is 0 Å². The fraction of sp³-hybridized carbons (Fsp3) is 0.400. The van der Waals surface area contributed by atoms with Crippen LogP contribution in [0.15, 0.2) is 59.7 Å². The Labute approximate surface area is 184 Å². The second-order valence-corrected chi connectivity index (χ2v) is 7.94. The predicted molar refractivity (Wildman–Crippen MR) is 127 cm³/mol. The summed E-state index contributed by atoms with van der Waals surface area (Å²) in [4.78, 5) is 10.6. The van der Waals surface area contributed by atoms with Gasteiger partial charge in [0, 0.05) is 49.8 Å². The van der Waals surface area contributed by atoms with Gasteiger partial charge in [0.05, 0.1) is 19.8 Å². The van der Waals surface area contributed by atoms with Gasteiger partial charge < -0.3 is 20.4 Å². The Kier molecular flexibility index (Phi) is 7.58. The van der Waals surface area contributed by atoms with Gasteiger partial charge in [0.2, 0.25) is 0 Å². The van der Waals surface area contributed by atoms with Crippen molar-refractivity contribution in [1.82, 2.24) is 20.5 Å². The maximum Gasteiger partial charge on any atom is 0.191 e. The quantitative estimate of drug-likeness (QED) is 0.387. The number of aromatic amines is 1. The smallest absolute Gasteiger partial charge is 0.191 e. The number of hydrogen-bond donors (Lipinski definition) is 3. The molecule has 3 aromatic rings. The molecule has 1 aromatic heterocycles. The molecule has 0 atom stereocenters. The van der Waals surface area contributed by atoms with Crippen LogP contribution in [0.5, 0.6) is 0 Å². The molecule has 0 radical (unpaired) electrons. The lowest BCUT2D eigenvalue weighted by molar-refractivity contribution is 0.0342. The monoisotopic (exact) mass is 419 g/mol. The van der Waals surface area contributed by atoms with Crippen molar-refractivity contribution in [3.63, 3.8) is 0 Å². The molecule has 6 heteroatoms. The van der Waals surface area contributed by atoms with Gasteiger partial charge in [-0.1, -0.05) is 42.5 Å². The average Bonchev–Trinajstić information content (AvgIpc) is 3.22. The molecule has 31 heavy (non-hydrogen) atoms. The summed E-state index contributed by atoms with van der Waals surface area (Å²) < 4.78 is 5.43. The van der Waals surface area contributed by atoms with Crippen molar-refractivity contribution >= 4 is 16.9 Å². The average molecular weight is 420 g/mol. The van der Waals surface area contributed by atoms with Crippen LogP contribution in [-0.2, 0) is 24.2 Å². The van der Waals surface area contributed by atoms with Gasteiger partial charge in [-0.2, -0.15) is 0 Å². The van der Waals surface area contributed by atoms with Crippen molar-refractivity contribution in [2.75, 3.05) is 39.4 Å². The Balaban J connectivity index is 1.28. The van der Waals surface area contributed by atoms with Crippen LogP contribution in [0.3, 0.4) is 0 Å². The normalized spacial score (nSPS) is 15.3. The Hall–Kier alpha value is -2.83. The highest BCUT2D eigenvalue weighted by atomic mass is 16.5. The molecule has 164 valence electrons. The van der Waals surface area contributed by atoms with Gasteiger partial charge in [0.15, 0.2) is 5.96 Å². The van der Waals surface area contributed by atoms with Crippen molar-refractivity contribution in [3.8, 4) is 0 Å². The second-order valence-electron chi connectivity index (χ2n) is 7.94. The van der Waals surface area contributed by atoms with Gasteiger partial charge in [-0.15, -0.1) is 0 Å². The summed E-state index contributed by atoms with van der Waals surface area (Å²) in [6.45, 7) is 9.15. The predicted octanol–water partition coefficient (Wildman–Crippen LogP) is 3.30. The first-order valence-corrected chi connectivity index (χ1v) is 11.3. The van der Waals surface area contributed by atoms with Crippen LogP contribution < -0.4 is 10.6 Å². The van der Waals surface area contributed by atoms with Crippen LogP contribution in [0, 0.1) is 0 Å². The highest BCUT2D eigenvalue weighted by Crippen LogP contribution is 2.17. The molecule has 0 aliphatic carbocycles. The molecule has 2 heterocycles. The zero-order chi connectivity index (χ0) is 21.3. The van der Waals surface area contributed by atoms with Crippen molar-refractivity contribution < 1.29 is 4.74 Å². The topological polar surface area (TPSA) is 64.7 Å². The Bertz CT molecular complexity index is 973. The Morgan fingerprint density at radius 2 is 1.81 bits per heavy atom. The molecule has 4 rings (SSSR count). The summed E-state index contributed by atoms with van der Waals surface area (Å²) in [6, 6.07) is 17.3. The number of aliphatic imine (C=N–C) groups is 1. The van der Waals surface area contributed by atoms with Gasteiger partial charge in [-0.05, 0) is 36.1 Å². The van der Waals surface area contributed by atoms with E-state index >= 15 is 0 Å². The lowest BCUT2D eigenvalue weighted by Crippen LogP contribution is -2.38. The second kappa shape index (κ2) is 11.0. The Morgan fingerprint density at radius 1 is 1.03 bits per heavy atom. The van der Waals surface area contributed by atoms with E-state index in [0.717, 1.165) is 58.3 Å². The number of morpholine rings is 1. The number of benzene rings is 2. The van der Waals surface area contributed by atoms with Gasteiger partial charge in [-0.3, -0.25) is 4.90 Å². The minimum Gasteiger partial charge on any atom is -0.379 e. The van der Waals surface area contributed by atoms with Crippen LogP contribution >= 0.6 is 0 Å². The maximum atomic E-state index is 5.43. The summed E-state index contributed by atoms with van der Waals surface area (Å²) in [5.74, 6) is 0.861. The van der Waals surface area contributed by atoms with Crippen molar-refractivity contribution in [2.45, 2.75) is 26.4 Å². The minimum atomic E-state index is 0.667. The minimum absolute atomic E-state index is 0.667. The van der Waals surface area contributed by atoms with E-state index in [4.69, 9.17) is 9.73 Å². The molecule has 0 amide bonds. The molecule has 1 saturated heterocycles. The molecule has 0 unspecified atom stereocenters. The summed E-state index contributed by atoms with van der Waals surface area (Å²) in [7, 11) is 0. The molecular weight excluding hydrogens is 386 g/mol. The molecule has 0 spiro atoms. The number of para-hydroxylation sites is 1. The van der Waals surface area contributed by atoms with E-state index in [0.29, 0.717) is 6.54 Å². The van der Waals surface area contributed by atoms with Crippen molar-refractivity contribution in [2.24, 2.45) is 4.99 Å². The summed E-state index contributed by atoms with van der Waals surface area (Å²) >= 11 is 0. The molecule has 0 saturated carbocycles. The van der Waals surface area contributed by atoms with Crippen LogP contribution in [0.25, 0.3) is 10.9 Å². The number of guanidine groups is 1. The number of aromatic nitrogens is 1. The molecular formula is C25H33N5O. The zero-order valence-corrected chi connectivity index (χ0v) is 18.4. The molecule has 3 N–H and O–H groups in total. The van der Waals surface area contributed by atoms with E-state index in [-0.39, 0.29) is 0 Å². The summed E-state index contributed by atoms with van der Waals surface area (Å²) in [5.41, 5.74) is 5.09. The van der Waals surface area contributed by atoms with E-state index < -0.39 is 0 Å². The highest BCUT2D eigenvalue weighted by Gasteiger charge is 2.10. The fourth-order valence-corrected chi connectivity index (χ4v) is 3.93. The molecule has 1 fully saturated rings.